The van der Waals surface area contributed by atoms with Gasteiger partial charge in [0.2, 0.25) is 0 Å². The van der Waals surface area contributed by atoms with Crippen LogP contribution >= 0.6 is 15.9 Å². The first-order chi connectivity index (χ1) is 8.63. The molecule has 4 heteroatoms. The Labute approximate surface area is 114 Å². The molecule has 0 atom stereocenters. The summed E-state index contributed by atoms with van der Waals surface area (Å²) in [5, 5.41) is 2.63. The smallest absolute Gasteiger partial charge is 0.410 e. The Kier molecular flexibility index (Phi) is 3.99. The van der Waals surface area contributed by atoms with Crippen molar-refractivity contribution in [3.8, 4) is 5.75 Å². The molecule has 1 radical (unpaired) electrons. The van der Waals surface area contributed by atoms with Gasteiger partial charge in [0, 0.05) is 10.2 Å². The number of rotatable bonds is 2. The van der Waals surface area contributed by atoms with E-state index in [0.717, 1.165) is 10.0 Å². The fourth-order valence-electron chi connectivity index (χ4n) is 1.34. The summed E-state index contributed by atoms with van der Waals surface area (Å²) in [5.41, 5.74) is 1.56. The van der Waals surface area contributed by atoms with Crippen molar-refractivity contribution in [2.24, 2.45) is 0 Å². The lowest BCUT2D eigenvalue weighted by Crippen LogP contribution is -2.16. The summed E-state index contributed by atoms with van der Waals surface area (Å²) in [6.07, 6.45) is -0.519. The van der Waals surface area contributed by atoms with E-state index >= 15 is 0 Å². The van der Waals surface area contributed by atoms with Gasteiger partial charge in [0.15, 0.2) is 0 Å². The highest BCUT2D eigenvalue weighted by Crippen LogP contribution is 2.17. The summed E-state index contributed by atoms with van der Waals surface area (Å²) in [5.74, 6) is 0.490. The second kappa shape index (κ2) is 5.69. The van der Waals surface area contributed by atoms with Gasteiger partial charge in [0.25, 0.3) is 0 Å². The highest BCUT2D eigenvalue weighted by Gasteiger charge is 2.04. The number of hydrogen-bond donors (Lipinski definition) is 1. The molecule has 0 heterocycles. The molecule has 2 aromatic carbocycles. The van der Waals surface area contributed by atoms with Gasteiger partial charge in [-0.1, -0.05) is 28.1 Å². The van der Waals surface area contributed by atoms with Crippen LogP contribution in [0.2, 0.25) is 0 Å². The van der Waals surface area contributed by atoms with Gasteiger partial charge in [-0.25, -0.2) is 4.79 Å². The molecule has 0 bridgehead atoms. The van der Waals surface area contributed by atoms with E-state index in [1.165, 1.54) is 0 Å². The molecule has 0 spiro atoms. The zero-order chi connectivity index (χ0) is 13.0. The van der Waals surface area contributed by atoms with E-state index in [2.05, 4.69) is 28.2 Å². The number of carbonyl (C=O) groups excluding carboxylic acids is 1. The molecule has 2 rings (SSSR count). The van der Waals surface area contributed by atoms with Gasteiger partial charge in [-0.3, -0.25) is 5.32 Å². The summed E-state index contributed by atoms with van der Waals surface area (Å²) in [7, 11) is 0. The molecule has 0 aliphatic rings. The third-order valence-electron chi connectivity index (χ3n) is 2.22. The van der Waals surface area contributed by atoms with Crippen molar-refractivity contribution in [1.82, 2.24) is 0 Å². The lowest BCUT2D eigenvalue weighted by Gasteiger charge is -2.06. The third-order valence-corrected chi connectivity index (χ3v) is 2.75. The Morgan fingerprint density at radius 2 is 1.67 bits per heavy atom. The lowest BCUT2D eigenvalue weighted by molar-refractivity contribution is 0.215. The number of nitrogens with one attached hydrogen (secondary N) is 1. The van der Waals surface area contributed by atoms with Gasteiger partial charge in [0.05, 0.1) is 0 Å². The Bertz CT molecular complexity index is 485. The summed E-state index contributed by atoms with van der Waals surface area (Å²) < 4.78 is 6.05. The predicted molar refractivity (Wildman–Crippen MR) is 74.7 cm³/mol. The topological polar surface area (TPSA) is 38.3 Å². The van der Waals surface area contributed by atoms with Crippen molar-refractivity contribution in [2.75, 3.05) is 5.32 Å². The van der Waals surface area contributed by atoms with E-state index in [-0.39, 0.29) is 0 Å². The molecule has 2 aromatic rings. The van der Waals surface area contributed by atoms with Gasteiger partial charge in [-0.2, -0.15) is 0 Å². The standard InChI is InChI=1S/C14H11BrNO2/c1-10-2-6-12(7-3-10)16-14(17)18-13-8-4-11(15)5-9-13/h2-9H,1H2,(H,16,17). The van der Waals surface area contributed by atoms with Crippen molar-refractivity contribution >= 4 is 27.7 Å². The van der Waals surface area contributed by atoms with Crippen LogP contribution < -0.4 is 10.1 Å². The zero-order valence-electron chi connectivity index (χ0n) is 9.52. The molecule has 18 heavy (non-hydrogen) atoms. The number of ether oxygens (including phenoxy) is 1. The number of amides is 1. The van der Waals surface area contributed by atoms with E-state index in [4.69, 9.17) is 4.74 Å². The highest BCUT2D eigenvalue weighted by molar-refractivity contribution is 9.10. The predicted octanol–water partition coefficient (Wildman–Crippen LogP) is 4.24. The second-order valence-corrected chi connectivity index (χ2v) is 4.58. The SMILES string of the molecule is [CH2]c1ccc(NC(=O)Oc2ccc(Br)cc2)cc1. The Hall–Kier alpha value is -1.81. The average molecular weight is 305 g/mol. The first-order valence-electron chi connectivity index (χ1n) is 5.30. The molecular formula is C14H11BrNO2. The van der Waals surface area contributed by atoms with Crippen LogP contribution in [0.15, 0.2) is 53.0 Å². The molecule has 0 saturated carbocycles. The fraction of sp³-hybridized carbons (Fsp3) is 0. The van der Waals surface area contributed by atoms with Gasteiger partial charge < -0.3 is 4.74 Å². The van der Waals surface area contributed by atoms with Crippen molar-refractivity contribution < 1.29 is 9.53 Å². The second-order valence-electron chi connectivity index (χ2n) is 3.67. The number of carbonyl (C=O) groups is 1. The van der Waals surface area contributed by atoms with E-state index in [0.29, 0.717) is 11.4 Å². The average Bonchev–Trinajstić information content (AvgIpc) is 2.35. The van der Waals surface area contributed by atoms with Crippen molar-refractivity contribution in [3.05, 3.63) is 65.5 Å². The van der Waals surface area contributed by atoms with E-state index < -0.39 is 6.09 Å². The number of anilines is 1. The normalized spacial score (nSPS) is 9.89. The minimum Gasteiger partial charge on any atom is -0.410 e. The molecule has 0 aliphatic heterocycles. The van der Waals surface area contributed by atoms with E-state index in [1.54, 1.807) is 36.4 Å². The fourth-order valence-corrected chi connectivity index (χ4v) is 1.61. The van der Waals surface area contributed by atoms with Crippen LogP contribution in [-0.4, -0.2) is 6.09 Å². The van der Waals surface area contributed by atoms with Crippen molar-refractivity contribution in [3.63, 3.8) is 0 Å². The van der Waals surface area contributed by atoms with E-state index in [9.17, 15) is 4.79 Å². The van der Waals surface area contributed by atoms with Crippen molar-refractivity contribution in [1.29, 1.82) is 0 Å². The molecule has 91 valence electrons. The number of benzene rings is 2. The number of hydrogen-bond acceptors (Lipinski definition) is 2. The van der Waals surface area contributed by atoms with Crippen LogP contribution in [0.1, 0.15) is 5.56 Å². The van der Waals surface area contributed by atoms with Crippen LogP contribution in [0.3, 0.4) is 0 Å². The first kappa shape index (κ1) is 12.6. The minimum atomic E-state index is -0.519. The monoisotopic (exact) mass is 304 g/mol. The molecule has 0 saturated heterocycles. The van der Waals surface area contributed by atoms with Gasteiger partial charge in [-0.15, -0.1) is 0 Å². The number of halogens is 1. The molecule has 0 aliphatic carbocycles. The zero-order valence-corrected chi connectivity index (χ0v) is 11.1. The third kappa shape index (κ3) is 3.60. The molecule has 0 unspecified atom stereocenters. The maximum absolute atomic E-state index is 11.6. The van der Waals surface area contributed by atoms with Crippen LogP contribution in [0, 0.1) is 6.92 Å². The van der Waals surface area contributed by atoms with Crippen LogP contribution in [0.25, 0.3) is 0 Å². The summed E-state index contributed by atoms with van der Waals surface area (Å²) in [6.45, 7) is 3.77. The Morgan fingerprint density at radius 1 is 1.06 bits per heavy atom. The first-order valence-corrected chi connectivity index (χ1v) is 6.09. The lowest BCUT2D eigenvalue weighted by atomic mass is 10.2. The Balaban J connectivity index is 1.96. The highest BCUT2D eigenvalue weighted by atomic mass is 79.9. The summed E-state index contributed by atoms with van der Waals surface area (Å²) in [6, 6.07) is 14.2. The quantitative estimate of drug-likeness (QED) is 0.901. The van der Waals surface area contributed by atoms with Crippen molar-refractivity contribution in [2.45, 2.75) is 0 Å². The molecular weight excluding hydrogens is 294 g/mol. The summed E-state index contributed by atoms with van der Waals surface area (Å²) >= 11 is 3.31. The maximum Gasteiger partial charge on any atom is 0.417 e. The molecule has 0 aromatic heterocycles. The molecule has 0 fully saturated rings. The molecule has 1 N–H and O–H groups in total. The van der Waals surface area contributed by atoms with Gasteiger partial charge >= 0.3 is 6.09 Å². The molecule has 1 amide bonds. The van der Waals surface area contributed by atoms with Crippen LogP contribution in [-0.2, 0) is 0 Å². The van der Waals surface area contributed by atoms with Gasteiger partial charge in [0.1, 0.15) is 5.75 Å². The van der Waals surface area contributed by atoms with E-state index in [1.807, 2.05) is 12.1 Å². The van der Waals surface area contributed by atoms with Crippen LogP contribution in [0.4, 0.5) is 10.5 Å². The minimum absolute atomic E-state index is 0.490. The summed E-state index contributed by atoms with van der Waals surface area (Å²) in [4.78, 5) is 11.6. The van der Waals surface area contributed by atoms with Crippen LogP contribution in [0.5, 0.6) is 5.75 Å². The molecule has 3 nitrogen and oxygen atoms in total. The Morgan fingerprint density at radius 3 is 2.28 bits per heavy atom. The van der Waals surface area contributed by atoms with Gasteiger partial charge in [-0.05, 0) is 48.9 Å². The largest absolute Gasteiger partial charge is 0.417 e. The maximum atomic E-state index is 11.6.